The fourth-order valence-electron chi connectivity index (χ4n) is 5.90. The number of thiophene rings is 1. The highest BCUT2D eigenvalue weighted by molar-refractivity contribution is 7.08. The first-order chi connectivity index (χ1) is 13.4. The number of fused-ring (bicyclic) bond motifs is 1. The molecule has 1 atom stereocenters. The highest BCUT2D eigenvalue weighted by Gasteiger charge is 2.64. The Labute approximate surface area is 172 Å². The van der Waals surface area contributed by atoms with Crippen molar-refractivity contribution in [1.29, 1.82) is 0 Å². The van der Waals surface area contributed by atoms with E-state index in [0.717, 1.165) is 64.1 Å². The van der Waals surface area contributed by atoms with E-state index < -0.39 is 0 Å². The monoisotopic (exact) mass is 403 g/mol. The molecule has 2 amide bonds. The molecule has 154 valence electrons. The number of piperidine rings is 1. The fourth-order valence-corrected chi connectivity index (χ4v) is 6.57. The third kappa shape index (κ3) is 3.28. The van der Waals surface area contributed by atoms with Crippen LogP contribution >= 0.6 is 11.3 Å². The number of hydrogen-bond donors (Lipinski definition) is 0. The Hall–Kier alpha value is -1.40. The van der Waals surface area contributed by atoms with Crippen molar-refractivity contribution in [2.24, 2.45) is 16.7 Å². The minimum atomic E-state index is -0.237. The third-order valence-corrected chi connectivity index (χ3v) is 8.03. The van der Waals surface area contributed by atoms with Crippen molar-refractivity contribution in [2.45, 2.75) is 39.5 Å². The van der Waals surface area contributed by atoms with Crippen molar-refractivity contribution in [2.75, 3.05) is 46.3 Å². The van der Waals surface area contributed by atoms with Gasteiger partial charge in [-0.15, -0.1) is 0 Å². The molecule has 28 heavy (non-hydrogen) atoms. The Morgan fingerprint density at radius 2 is 1.93 bits per heavy atom. The minimum Gasteiger partial charge on any atom is -0.345 e. The molecular formula is C22H33N3O2S. The van der Waals surface area contributed by atoms with Gasteiger partial charge in [0.05, 0.1) is 11.8 Å². The first-order valence-corrected chi connectivity index (χ1v) is 11.6. The normalized spacial score (nSPS) is 27.6. The Balaban J connectivity index is 1.49. The van der Waals surface area contributed by atoms with Crippen LogP contribution in [0.15, 0.2) is 16.8 Å². The quantitative estimate of drug-likeness (QED) is 0.776. The predicted molar refractivity (Wildman–Crippen MR) is 112 cm³/mol. The van der Waals surface area contributed by atoms with E-state index in [1.54, 1.807) is 11.3 Å². The average Bonchev–Trinajstić information content (AvgIpc) is 3.33. The van der Waals surface area contributed by atoms with E-state index in [0.29, 0.717) is 18.2 Å². The van der Waals surface area contributed by atoms with Gasteiger partial charge in [0.2, 0.25) is 11.8 Å². The predicted octanol–water partition coefficient (Wildman–Crippen LogP) is 2.72. The zero-order valence-electron chi connectivity index (χ0n) is 17.4. The van der Waals surface area contributed by atoms with E-state index in [-0.39, 0.29) is 16.7 Å². The molecule has 0 saturated carbocycles. The summed E-state index contributed by atoms with van der Waals surface area (Å²) in [7, 11) is 1.95. The molecule has 0 aliphatic carbocycles. The van der Waals surface area contributed by atoms with Gasteiger partial charge < -0.3 is 14.7 Å². The van der Waals surface area contributed by atoms with Crippen LogP contribution < -0.4 is 0 Å². The molecule has 2 spiro atoms. The zero-order chi connectivity index (χ0) is 19.9. The highest BCUT2D eigenvalue weighted by atomic mass is 32.1. The molecule has 5 nitrogen and oxygen atoms in total. The summed E-state index contributed by atoms with van der Waals surface area (Å²) >= 11 is 1.64. The van der Waals surface area contributed by atoms with Gasteiger partial charge in [0.25, 0.3) is 0 Å². The van der Waals surface area contributed by atoms with Crippen molar-refractivity contribution in [3.8, 4) is 0 Å². The summed E-state index contributed by atoms with van der Waals surface area (Å²) in [6.45, 7) is 9.93. The summed E-state index contributed by atoms with van der Waals surface area (Å²) in [6, 6.07) is 2.04. The molecule has 0 N–H and O–H groups in total. The molecule has 3 aliphatic heterocycles. The standard InChI is InChI=1S/C22H33N3O2S/c1-17(2)13-24-15-21(22(16-24)7-8-23(3)20(22)27)5-9-25(10-6-21)19(26)12-18-4-11-28-14-18/h4,11,14,17H,5-10,12-13,15-16H2,1-3H3/t22-/m1/s1. The van der Waals surface area contributed by atoms with Gasteiger partial charge >= 0.3 is 0 Å². The minimum absolute atomic E-state index is 0.0306. The molecule has 6 heteroatoms. The molecule has 4 rings (SSSR count). The number of hydrogen-bond acceptors (Lipinski definition) is 4. The number of rotatable bonds is 4. The highest BCUT2D eigenvalue weighted by Crippen LogP contribution is 2.57. The van der Waals surface area contributed by atoms with Gasteiger partial charge in [0.1, 0.15) is 0 Å². The topological polar surface area (TPSA) is 43.9 Å². The van der Waals surface area contributed by atoms with E-state index in [4.69, 9.17) is 0 Å². The lowest BCUT2D eigenvalue weighted by atomic mass is 9.60. The Morgan fingerprint density at radius 3 is 2.50 bits per heavy atom. The molecule has 1 aromatic heterocycles. The molecule has 0 radical (unpaired) electrons. The van der Waals surface area contributed by atoms with Gasteiger partial charge in [-0.05, 0) is 47.6 Å². The van der Waals surface area contributed by atoms with Crippen LogP contribution in [0.25, 0.3) is 0 Å². The van der Waals surface area contributed by atoms with Gasteiger partial charge in [-0.3, -0.25) is 9.59 Å². The van der Waals surface area contributed by atoms with Gasteiger partial charge in [-0.25, -0.2) is 0 Å². The van der Waals surface area contributed by atoms with Crippen molar-refractivity contribution >= 4 is 23.2 Å². The Bertz CT molecular complexity index is 724. The van der Waals surface area contributed by atoms with Crippen LogP contribution in [0.4, 0.5) is 0 Å². The first-order valence-electron chi connectivity index (χ1n) is 10.6. The van der Waals surface area contributed by atoms with Crippen molar-refractivity contribution in [1.82, 2.24) is 14.7 Å². The number of likely N-dealkylation sites (tertiary alicyclic amines) is 3. The van der Waals surface area contributed by atoms with Gasteiger partial charge in [0, 0.05) is 51.7 Å². The summed E-state index contributed by atoms with van der Waals surface area (Å²) in [5.41, 5.74) is 0.908. The van der Waals surface area contributed by atoms with Crippen molar-refractivity contribution in [3.05, 3.63) is 22.4 Å². The Kier molecular flexibility index (Phi) is 5.29. The second-order valence-corrected chi connectivity index (χ2v) is 10.4. The van der Waals surface area contributed by atoms with Crippen LogP contribution in [0, 0.1) is 16.7 Å². The lowest BCUT2D eigenvalue weighted by Gasteiger charge is -2.47. The fraction of sp³-hybridized carbons (Fsp3) is 0.727. The van der Waals surface area contributed by atoms with Crippen LogP contribution in [0.3, 0.4) is 0 Å². The number of carbonyl (C=O) groups excluding carboxylic acids is 2. The molecule has 0 unspecified atom stereocenters. The van der Waals surface area contributed by atoms with E-state index in [1.807, 2.05) is 28.3 Å². The van der Waals surface area contributed by atoms with Crippen LogP contribution in [0.2, 0.25) is 0 Å². The molecule has 0 bridgehead atoms. The number of carbonyl (C=O) groups is 2. The molecule has 3 saturated heterocycles. The first kappa shape index (κ1) is 19.9. The summed E-state index contributed by atoms with van der Waals surface area (Å²) in [4.78, 5) is 32.5. The molecule has 1 aromatic rings. The van der Waals surface area contributed by atoms with E-state index in [1.165, 1.54) is 0 Å². The van der Waals surface area contributed by atoms with Crippen LogP contribution in [-0.4, -0.2) is 72.8 Å². The van der Waals surface area contributed by atoms with Crippen LogP contribution in [0.1, 0.15) is 38.7 Å². The second-order valence-electron chi connectivity index (χ2n) is 9.59. The average molecular weight is 404 g/mol. The molecule has 3 aliphatic rings. The zero-order valence-corrected chi connectivity index (χ0v) is 18.3. The molecule has 0 aromatic carbocycles. The van der Waals surface area contributed by atoms with Gasteiger partial charge in [0.15, 0.2) is 0 Å². The summed E-state index contributed by atoms with van der Waals surface area (Å²) < 4.78 is 0. The van der Waals surface area contributed by atoms with Gasteiger partial charge in [-0.1, -0.05) is 13.8 Å². The van der Waals surface area contributed by atoms with Crippen LogP contribution in [0.5, 0.6) is 0 Å². The van der Waals surface area contributed by atoms with E-state index >= 15 is 0 Å². The Morgan fingerprint density at radius 1 is 1.18 bits per heavy atom. The van der Waals surface area contributed by atoms with E-state index in [9.17, 15) is 9.59 Å². The molecule has 4 heterocycles. The summed E-state index contributed by atoms with van der Waals surface area (Å²) in [5.74, 6) is 1.18. The number of nitrogens with zero attached hydrogens (tertiary/aromatic N) is 3. The molecular weight excluding hydrogens is 370 g/mol. The largest absolute Gasteiger partial charge is 0.345 e. The SMILES string of the molecule is CC(C)CN1CC2(CCN(C(=O)Cc3ccsc3)CC2)[C@]2(CCN(C)C2=O)C1. The maximum Gasteiger partial charge on any atom is 0.230 e. The summed E-state index contributed by atoms with van der Waals surface area (Å²) in [5, 5.41) is 4.09. The smallest absolute Gasteiger partial charge is 0.230 e. The van der Waals surface area contributed by atoms with Crippen molar-refractivity contribution in [3.63, 3.8) is 0 Å². The lowest BCUT2D eigenvalue weighted by molar-refractivity contribution is -0.143. The van der Waals surface area contributed by atoms with Crippen molar-refractivity contribution < 1.29 is 9.59 Å². The lowest BCUT2D eigenvalue weighted by Crippen LogP contribution is -2.53. The van der Waals surface area contributed by atoms with Crippen LogP contribution in [-0.2, 0) is 16.0 Å². The number of amides is 2. The second kappa shape index (κ2) is 7.45. The summed E-state index contributed by atoms with van der Waals surface area (Å²) in [6.07, 6.45) is 3.38. The third-order valence-electron chi connectivity index (χ3n) is 7.30. The molecule has 3 fully saturated rings. The van der Waals surface area contributed by atoms with E-state index in [2.05, 4.69) is 24.1 Å². The maximum atomic E-state index is 13.3. The van der Waals surface area contributed by atoms with Gasteiger partial charge in [-0.2, -0.15) is 11.3 Å². The maximum absolute atomic E-state index is 13.3.